The van der Waals surface area contributed by atoms with Crippen molar-refractivity contribution in [2.24, 2.45) is 0 Å². The van der Waals surface area contributed by atoms with Crippen molar-refractivity contribution in [1.29, 1.82) is 0 Å². The summed E-state index contributed by atoms with van der Waals surface area (Å²) in [5.41, 5.74) is 10.2. The van der Waals surface area contributed by atoms with Crippen LogP contribution < -0.4 is 11.1 Å². The Morgan fingerprint density at radius 2 is 2.04 bits per heavy atom. The van der Waals surface area contributed by atoms with E-state index in [4.69, 9.17) is 5.73 Å². The Morgan fingerprint density at radius 3 is 2.76 bits per heavy atom. The lowest BCUT2D eigenvalue weighted by Crippen LogP contribution is -2.41. The molecule has 2 atom stereocenters. The molecule has 0 spiro atoms. The molecule has 3 N–H and O–H groups in total. The van der Waals surface area contributed by atoms with Gasteiger partial charge in [0.05, 0.1) is 6.04 Å². The van der Waals surface area contributed by atoms with Crippen LogP contribution in [0.5, 0.6) is 0 Å². The number of carbonyl (C=O) groups is 1. The smallest absolute Gasteiger partial charge is 0.242 e. The summed E-state index contributed by atoms with van der Waals surface area (Å²) in [7, 11) is 1.99. The van der Waals surface area contributed by atoms with Crippen LogP contribution in [-0.4, -0.2) is 24.4 Å². The number of hydrogen-bond donors (Lipinski definition) is 2. The monoisotopic (exact) mass is 337 g/mol. The molecule has 3 rings (SSSR count). The van der Waals surface area contributed by atoms with E-state index in [2.05, 4.69) is 23.2 Å². The van der Waals surface area contributed by atoms with Crippen molar-refractivity contribution in [2.75, 3.05) is 19.3 Å². The summed E-state index contributed by atoms with van der Waals surface area (Å²) < 4.78 is 0. The number of anilines is 1. The molecule has 0 radical (unpaired) electrons. The van der Waals surface area contributed by atoms with E-state index in [0.29, 0.717) is 0 Å². The Balaban J connectivity index is 1.83. The summed E-state index contributed by atoms with van der Waals surface area (Å²) in [6, 6.07) is 15.8. The van der Waals surface area contributed by atoms with Crippen molar-refractivity contribution in [3.05, 3.63) is 65.2 Å². The first-order valence-corrected chi connectivity index (χ1v) is 9.04. The second kappa shape index (κ2) is 7.70. The minimum absolute atomic E-state index is 0.0604. The maximum atomic E-state index is 13.1. The highest BCUT2D eigenvalue weighted by atomic mass is 16.2. The van der Waals surface area contributed by atoms with E-state index in [0.717, 1.165) is 37.1 Å². The molecular weight excluding hydrogens is 310 g/mol. The van der Waals surface area contributed by atoms with Gasteiger partial charge in [-0.15, -0.1) is 0 Å². The Morgan fingerprint density at radius 1 is 1.28 bits per heavy atom. The number of fused-ring (bicyclic) bond motifs is 1. The maximum absolute atomic E-state index is 13.1. The zero-order valence-electron chi connectivity index (χ0n) is 15.0. The largest absolute Gasteiger partial charge is 0.399 e. The van der Waals surface area contributed by atoms with Crippen molar-refractivity contribution in [3.63, 3.8) is 0 Å². The fraction of sp³-hybridized carbons (Fsp3) is 0.381. The minimum atomic E-state index is -0.273. The van der Waals surface area contributed by atoms with Crippen molar-refractivity contribution >= 4 is 11.6 Å². The molecule has 0 bridgehead atoms. The van der Waals surface area contributed by atoms with Gasteiger partial charge in [0, 0.05) is 5.69 Å². The number of nitrogens with two attached hydrogens (primary N) is 1. The van der Waals surface area contributed by atoms with Gasteiger partial charge in [0.2, 0.25) is 5.91 Å². The number of nitrogens with zero attached hydrogens (tertiary/aromatic N) is 1. The van der Waals surface area contributed by atoms with Gasteiger partial charge in [0.15, 0.2) is 0 Å². The van der Waals surface area contributed by atoms with E-state index in [-0.39, 0.29) is 18.0 Å². The number of nitrogen functional groups attached to an aromatic ring is 1. The highest BCUT2D eigenvalue weighted by Crippen LogP contribution is 2.32. The maximum Gasteiger partial charge on any atom is 0.242 e. The molecule has 1 amide bonds. The van der Waals surface area contributed by atoms with Gasteiger partial charge in [0.1, 0.15) is 6.04 Å². The number of benzene rings is 2. The molecule has 1 aliphatic carbocycles. The van der Waals surface area contributed by atoms with Crippen LogP contribution in [-0.2, 0) is 11.2 Å². The second-order valence-electron chi connectivity index (χ2n) is 6.80. The summed E-state index contributed by atoms with van der Waals surface area (Å²) in [6.45, 7) is 2.88. The fourth-order valence-corrected chi connectivity index (χ4v) is 3.66. The Hall–Kier alpha value is -2.33. The second-order valence-corrected chi connectivity index (χ2v) is 6.80. The molecule has 2 unspecified atom stereocenters. The number of amides is 1. The standard InChI is InChI=1S/C21H27N3O/c1-3-24(2)20(15-8-5-4-6-9-15)21(25)23-19-11-7-10-16-14-17(22)12-13-18(16)19/h4-6,8-9,12-14,19-20H,3,7,10-11,22H2,1-2H3,(H,23,25). The topological polar surface area (TPSA) is 58.4 Å². The molecule has 4 heteroatoms. The predicted molar refractivity (Wildman–Crippen MR) is 102 cm³/mol. The number of rotatable bonds is 5. The number of hydrogen-bond acceptors (Lipinski definition) is 3. The van der Waals surface area contributed by atoms with Crippen LogP contribution in [0.2, 0.25) is 0 Å². The molecule has 2 aromatic rings. The third-order valence-corrected chi connectivity index (χ3v) is 5.10. The van der Waals surface area contributed by atoms with Crippen molar-refractivity contribution in [3.8, 4) is 0 Å². The average molecular weight is 337 g/mol. The quantitative estimate of drug-likeness (QED) is 0.822. The van der Waals surface area contributed by atoms with Gasteiger partial charge in [-0.2, -0.15) is 0 Å². The third kappa shape index (κ3) is 3.85. The molecule has 1 aliphatic rings. The van der Waals surface area contributed by atoms with E-state index in [1.165, 1.54) is 11.1 Å². The minimum Gasteiger partial charge on any atom is -0.399 e. The zero-order chi connectivity index (χ0) is 17.8. The first kappa shape index (κ1) is 17.5. The lowest BCUT2D eigenvalue weighted by Gasteiger charge is -2.31. The van der Waals surface area contributed by atoms with E-state index >= 15 is 0 Å². The van der Waals surface area contributed by atoms with Crippen LogP contribution in [0.1, 0.15) is 48.5 Å². The molecule has 25 heavy (non-hydrogen) atoms. The average Bonchev–Trinajstić information content (AvgIpc) is 2.62. The first-order valence-electron chi connectivity index (χ1n) is 9.04. The summed E-state index contributed by atoms with van der Waals surface area (Å²) in [5.74, 6) is 0.0604. The highest BCUT2D eigenvalue weighted by Gasteiger charge is 2.28. The molecule has 0 saturated heterocycles. The Kier molecular flexibility index (Phi) is 5.39. The van der Waals surface area contributed by atoms with Crippen molar-refractivity contribution in [1.82, 2.24) is 10.2 Å². The fourth-order valence-electron chi connectivity index (χ4n) is 3.66. The summed E-state index contributed by atoms with van der Waals surface area (Å²) in [5, 5.41) is 3.29. The number of likely N-dealkylation sites (N-methyl/N-ethyl adjacent to an activating group) is 1. The number of carbonyl (C=O) groups excluding carboxylic acids is 1. The van der Waals surface area contributed by atoms with Gasteiger partial charge in [-0.1, -0.05) is 43.3 Å². The van der Waals surface area contributed by atoms with Gasteiger partial charge < -0.3 is 11.1 Å². The molecule has 0 heterocycles. The van der Waals surface area contributed by atoms with E-state index in [9.17, 15) is 4.79 Å². The summed E-state index contributed by atoms with van der Waals surface area (Å²) >= 11 is 0. The van der Waals surface area contributed by atoms with Gasteiger partial charge in [-0.05, 0) is 61.7 Å². The summed E-state index contributed by atoms with van der Waals surface area (Å²) in [4.78, 5) is 15.2. The molecule has 0 saturated carbocycles. The van der Waals surface area contributed by atoms with Gasteiger partial charge >= 0.3 is 0 Å². The molecule has 132 valence electrons. The van der Waals surface area contributed by atoms with Crippen molar-refractivity contribution < 1.29 is 4.79 Å². The van der Waals surface area contributed by atoms with Gasteiger partial charge in [0.25, 0.3) is 0 Å². The van der Waals surface area contributed by atoms with Crippen LogP contribution in [0.25, 0.3) is 0 Å². The molecule has 4 nitrogen and oxygen atoms in total. The number of nitrogens with one attached hydrogen (secondary N) is 1. The van der Waals surface area contributed by atoms with Gasteiger partial charge in [-0.3, -0.25) is 9.69 Å². The van der Waals surface area contributed by atoms with Crippen LogP contribution in [0.4, 0.5) is 5.69 Å². The van der Waals surface area contributed by atoms with E-state index < -0.39 is 0 Å². The predicted octanol–water partition coefficient (Wildman–Crippen LogP) is 3.46. The molecule has 2 aromatic carbocycles. The highest BCUT2D eigenvalue weighted by molar-refractivity contribution is 5.83. The van der Waals surface area contributed by atoms with Crippen LogP contribution in [0, 0.1) is 0 Å². The van der Waals surface area contributed by atoms with Crippen LogP contribution in [0.15, 0.2) is 48.5 Å². The Bertz CT molecular complexity index is 729. The van der Waals surface area contributed by atoms with Gasteiger partial charge in [-0.25, -0.2) is 0 Å². The van der Waals surface area contributed by atoms with Crippen LogP contribution in [0.3, 0.4) is 0 Å². The van der Waals surface area contributed by atoms with Crippen molar-refractivity contribution in [2.45, 2.75) is 38.3 Å². The zero-order valence-corrected chi connectivity index (χ0v) is 15.0. The normalized spacial score (nSPS) is 17.8. The number of aryl methyl sites for hydroxylation is 1. The third-order valence-electron chi connectivity index (χ3n) is 5.10. The first-order chi connectivity index (χ1) is 12.1. The summed E-state index contributed by atoms with van der Waals surface area (Å²) in [6.07, 6.45) is 3.07. The van der Waals surface area contributed by atoms with E-state index in [1.54, 1.807) is 0 Å². The molecule has 0 fully saturated rings. The van der Waals surface area contributed by atoms with Crippen LogP contribution >= 0.6 is 0 Å². The van der Waals surface area contributed by atoms with E-state index in [1.807, 2.05) is 49.5 Å². The molecule has 0 aromatic heterocycles. The Labute approximate surface area is 150 Å². The lowest BCUT2D eigenvalue weighted by atomic mass is 9.87. The molecule has 0 aliphatic heterocycles. The molecular formula is C21H27N3O. The lowest BCUT2D eigenvalue weighted by molar-refractivity contribution is -0.127. The SMILES string of the molecule is CCN(C)C(C(=O)NC1CCCc2cc(N)ccc21)c1ccccc1.